The summed E-state index contributed by atoms with van der Waals surface area (Å²) in [5, 5.41) is 9.37. The summed E-state index contributed by atoms with van der Waals surface area (Å²) >= 11 is 0. The van der Waals surface area contributed by atoms with Gasteiger partial charge in [-0.25, -0.2) is 8.78 Å². The summed E-state index contributed by atoms with van der Waals surface area (Å²) in [6.45, 7) is 2.51. The first kappa shape index (κ1) is 13.0. The molecule has 1 aliphatic carbocycles. The van der Waals surface area contributed by atoms with Crippen LogP contribution in [0, 0.1) is 5.82 Å². The maximum absolute atomic E-state index is 14.2. The van der Waals surface area contributed by atoms with E-state index in [0.717, 1.165) is 6.42 Å². The van der Waals surface area contributed by atoms with Crippen LogP contribution in [0.2, 0.25) is 0 Å². The van der Waals surface area contributed by atoms with Gasteiger partial charge >= 0.3 is 5.97 Å². The molecule has 1 aromatic rings. The van der Waals surface area contributed by atoms with Crippen LogP contribution in [-0.4, -0.2) is 11.1 Å². The van der Waals surface area contributed by atoms with E-state index < -0.39 is 22.9 Å². The monoisotopic (exact) mass is 254 g/mol. The van der Waals surface area contributed by atoms with E-state index in [9.17, 15) is 18.7 Å². The molecular formula is C14H16F2O2. The van der Waals surface area contributed by atoms with Crippen molar-refractivity contribution < 1.29 is 18.7 Å². The Morgan fingerprint density at radius 1 is 1.39 bits per heavy atom. The molecular weight excluding hydrogens is 238 g/mol. The number of aliphatic carboxylic acids is 1. The van der Waals surface area contributed by atoms with Crippen LogP contribution in [0.5, 0.6) is 0 Å². The molecule has 0 aliphatic heterocycles. The molecule has 0 unspecified atom stereocenters. The van der Waals surface area contributed by atoms with Gasteiger partial charge in [0.1, 0.15) is 11.5 Å². The number of carboxylic acid groups (broad SMARTS) is 1. The SMILES string of the molecule is CC(C)(F)c1c(F)cccc1C1(C(=O)O)CCC1. The van der Waals surface area contributed by atoms with E-state index in [2.05, 4.69) is 0 Å². The highest BCUT2D eigenvalue weighted by Gasteiger charge is 2.49. The second-order valence-corrected chi connectivity index (χ2v) is 5.38. The van der Waals surface area contributed by atoms with Crippen molar-refractivity contribution in [2.24, 2.45) is 0 Å². The Hall–Kier alpha value is -1.45. The van der Waals surface area contributed by atoms with Crippen molar-refractivity contribution in [3.63, 3.8) is 0 Å². The molecule has 1 N–H and O–H groups in total. The summed E-state index contributed by atoms with van der Waals surface area (Å²) < 4.78 is 28.0. The van der Waals surface area contributed by atoms with Gasteiger partial charge in [-0.1, -0.05) is 18.6 Å². The number of alkyl halides is 1. The normalized spacial score (nSPS) is 18.2. The van der Waals surface area contributed by atoms with E-state index in [1.807, 2.05) is 0 Å². The molecule has 4 heteroatoms. The van der Waals surface area contributed by atoms with Gasteiger partial charge in [-0.05, 0) is 38.3 Å². The molecule has 1 fully saturated rings. The molecule has 1 saturated carbocycles. The van der Waals surface area contributed by atoms with Crippen molar-refractivity contribution in [1.82, 2.24) is 0 Å². The van der Waals surface area contributed by atoms with Gasteiger partial charge in [0.25, 0.3) is 0 Å². The molecule has 0 bridgehead atoms. The molecule has 0 atom stereocenters. The van der Waals surface area contributed by atoms with Crippen molar-refractivity contribution in [2.75, 3.05) is 0 Å². The maximum Gasteiger partial charge on any atom is 0.314 e. The number of halogens is 2. The third-order valence-electron chi connectivity index (χ3n) is 3.74. The van der Waals surface area contributed by atoms with Crippen molar-refractivity contribution >= 4 is 5.97 Å². The zero-order valence-electron chi connectivity index (χ0n) is 10.5. The van der Waals surface area contributed by atoms with Crippen molar-refractivity contribution in [3.05, 3.63) is 35.1 Å². The number of carbonyl (C=O) groups is 1. The van der Waals surface area contributed by atoms with Crippen molar-refractivity contribution in [1.29, 1.82) is 0 Å². The molecule has 1 aromatic carbocycles. The fourth-order valence-electron chi connectivity index (χ4n) is 2.66. The Morgan fingerprint density at radius 3 is 2.39 bits per heavy atom. The molecule has 2 nitrogen and oxygen atoms in total. The number of carboxylic acids is 1. The van der Waals surface area contributed by atoms with Gasteiger partial charge in [0.15, 0.2) is 0 Å². The zero-order valence-corrected chi connectivity index (χ0v) is 10.5. The molecule has 98 valence electrons. The van der Waals surface area contributed by atoms with Crippen LogP contribution in [0.1, 0.15) is 44.2 Å². The molecule has 2 rings (SSSR count). The lowest BCUT2D eigenvalue weighted by Gasteiger charge is -2.40. The van der Waals surface area contributed by atoms with Gasteiger partial charge in [0.05, 0.1) is 5.41 Å². The van der Waals surface area contributed by atoms with E-state index in [1.165, 1.54) is 32.0 Å². The molecule has 0 aromatic heterocycles. The fourth-order valence-corrected chi connectivity index (χ4v) is 2.66. The van der Waals surface area contributed by atoms with Crippen LogP contribution < -0.4 is 0 Å². The minimum Gasteiger partial charge on any atom is -0.481 e. The first-order valence-corrected chi connectivity index (χ1v) is 6.01. The Bertz CT molecular complexity index is 485. The molecule has 0 amide bonds. The van der Waals surface area contributed by atoms with Crippen LogP contribution in [0.4, 0.5) is 8.78 Å². The predicted octanol–water partition coefficient (Wildman–Crippen LogP) is 3.54. The van der Waals surface area contributed by atoms with Gasteiger partial charge < -0.3 is 5.11 Å². The standard InChI is InChI=1S/C14H16F2O2/c1-13(2,16)11-9(5-3-6-10(11)15)14(12(17)18)7-4-8-14/h3,5-6H,4,7-8H2,1-2H3,(H,17,18). The van der Waals surface area contributed by atoms with Crippen LogP contribution in [-0.2, 0) is 15.9 Å². The predicted molar refractivity (Wildman–Crippen MR) is 63.7 cm³/mol. The summed E-state index contributed by atoms with van der Waals surface area (Å²) in [6, 6.07) is 4.16. The van der Waals surface area contributed by atoms with E-state index >= 15 is 0 Å². The average molecular weight is 254 g/mol. The largest absolute Gasteiger partial charge is 0.481 e. The van der Waals surface area contributed by atoms with Gasteiger partial charge in [0.2, 0.25) is 0 Å². The zero-order chi connectivity index (χ0) is 13.6. The first-order valence-electron chi connectivity index (χ1n) is 6.01. The first-order chi connectivity index (χ1) is 8.29. The molecule has 0 spiro atoms. The average Bonchev–Trinajstić information content (AvgIpc) is 2.12. The van der Waals surface area contributed by atoms with Crippen LogP contribution in [0.15, 0.2) is 18.2 Å². The highest BCUT2D eigenvalue weighted by molar-refractivity contribution is 5.83. The fraction of sp³-hybridized carbons (Fsp3) is 0.500. The maximum atomic E-state index is 14.2. The quantitative estimate of drug-likeness (QED) is 0.895. The highest BCUT2D eigenvalue weighted by Crippen LogP contribution is 2.48. The molecule has 18 heavy (non-hydrogen) atoms. The van der Waals surface area contributed by atoms with Crippen molar-refractivity contribution in [2.45, 2.75) is 44.2 Å². The summed E-state index contributed by atoms with van der Waals surface area (Å²) in [5.41, 5.74) is -2.83. The minimum atomic E-state index is -1.89. The van der Waals surface area contributed by atoms with Gasteiger partial charge in [-0.2, -0.15) is 0 Å². The summed E-state index contributed by atoms with van der Waals surface area (Å²) in [5.74, 6) is -1.67. The number of hydrogen-bond acceptors (Lipinski definition) is 1. The van der Waals surface area contributed by atoms with Crippen molar-refractivity contribution in [3.8, 4) is 0 Å². The Balaban J connectivity index is 2.65. The smallest absolute Gasteiger partial charge is 0.314 e. The van der Waals surface area contributed by atoms with E-state index in [-0.39, 0.29) is 11.1 Å². The van der Waals surface area contributed by atoms with Crippen LogP contribution in [0.3, 0.4) is 0 Å². The Kier molecular flexibility index (Phi) is 2.92. The Labute approximate surface area is 105 Å². The third kappa shape index (κ3) is 1.80. The molecule has 0 radical (unpaired) electrons. The lowest BCUT2D eigenvalue weighted by atomic mass is 9.62. The van der Waals surface area contributed by atoms with Gasteiger partial charge in [-0.15, -0.1) is 0 Å². The molecule has 0 saturated heterocycles. The van der Waals surface area contributed by atoms with Gasteiger partial charge in [-0.3, -0.25) is 4.79 Å². The van der Waals surface area contributed by atoms with E-state index in [1.54, 1.807) is 0 Å². The lowest BCUT2D eigenvalue weighted by molar-refractivity contribution is -0.147. The second-order valence-electron chi connectivity index (χ2n) is 5.38. The Morgan fingerprint density at radius 2 is 2.00 bits per heavy atom. The summed E-state index contributed by atoms with van der Waals surface area (Å²) in [6.07, 6.45) is 1.65. The van der Waals surface area contributed by atoms with E-state index in [0.29, 0.717) is 12.8 Å². The minimum absolute atomic E-state index is 0.118. The van der Waals surface area contributed by atoms with E-state index in [4.69, 9.17) is 0 Å². The number of rotatable bonds is 3. The third-order valence-corrected chi connectivity index (χ3v) is 3.74. The summed E-state index contributed by atoms with van der Waals surface area (Å²) in [4.78, 5) is 11.4. The number of benzene rings is 1. The molecule has 0 heterocycles. The number of hydrogen-bond donors (Lipinski definition) is 1. The highest BCUT2D eigenvalue weighted by atomic mass is 19.1. The topological polar surface area (TPSA) is 37.3 Å². The molecule has 1 aliphatic rings. The lowest BCUT2D eigenvalue weighted by Crippen LogP contribution is -2.44. The summed E-state index contributed by atoms with van der Waals surface area (Å²) in [7, 11) is 0. The van der Waals surface area contributed by atoms with Crippen LogP contribution in [0.25, 0.3) is 0 Å². The van der Waals surface area contributed by atoms with Gasteiger partial charge in [0, 0.05) is 5.56 Å². The van der Waals surface area contributed by atoms with Crippen LogP contribution >= 0.6 is 0 Å². The second kappa shape index (κ2) is 4.04.